The van der Waals surface area contributed by atoms with Crippen LogP contribution < -0.4 is 16.2 Å². The molecule has 0 spiro atoms. The van der Waals surface area contributed by atoms with Crippen molar-refractivity contribution in [1.82, 2.24) is 10.4 Å². The number of nitrogens with two attached hydrogens (primary N) is 1. The molecule has 4 rings (SSSR count). The lowest BCUT2D eigenvalue weighted by Crippen LogP contribution is -2.47. The molecule has 1 saturated heterocycles. The Morgan fingerprint density at radius 1 is 1.00 bits per heavy atom. The van der Waals surface area contributed by atoms with Crippen molar-refractivity contribution < 1.29 is 9.59 Å². The van der Waals surface area contributed by atoms with Crippen molar-refractivity contribution in [2.75, 3.05) is 18.1 Å². The van der Waals surface area contributed by atoms with Gasteiger partial charge in [-0.25, -0.2) is 5.01 Å². The molecular formula is C22H24ClN5O2. The summed E-state index contributed by atoms with van der Waals surface area (Å²) in [6, 6.07) is 14.3. The van der Waals surface area contributed by atoms with Crippen LogP contribution in [0.2, 0.25) is 5.02 Å². The van der Waals surface area contributed by atoms with E-state index in [1.54, 1.807) is 24.3 Å². The molecule has 0 saturated carbocycles. The molecular weight excluding hydrogens is 402 g/mol. The molecule has 7 nitrogen and oxygen atoms in total. The fourth-order valence-electron chi connectivity index (χ4n) is 3.82. The zero-order valence-electron chi connectivity index (χ0n) is 16.6. The molecule has 2 amide bonds. The highest BCUT2D eigenvalue weighted by Crippen LogP contribution is 2.35. The van der Waals surface area contributed by atoms with Crippen molar-refractivity contribution in [2.45, 2.75) is 31.7 Å². The van der Waals surface area contributed by atoms with E-state index in [0.717, 1.165) is 37.2 Å². The van der Waals surface area contributed by atoms with E-state index in [2.05, 4.69) is 10.5 Å². The molecule has 2 aromatic carbocycles. The van der Waals surface area contributed by atoms with Gasteiger partial charge in [0, 0.05) is 30.1 Å². The van der Waals surface area contributed by atoms with Crippen molar-refractivity contribution in [3.8, 4) is 0 Å². The van der Waals surface area contributed by atoms with Gasteiger partial charge >= 0.3 is 0 Å². The summed E-state index contributed by atoms with van der Waals surface area (Å²) in [5.41, 5.74) is 11.0. The van der Waals surface area contributed by atoms with Gasteiger partial charge < -0.3 is 5.73 Å². The number of anilines is 1. The van der Waals surface area contributed by atoms with Gasteiger partial charge in [-0.05, 0) is 54.8 Å². The van der Waals surface area contributed by atoms with E-state index in [4.69, 9.17) is 17.3 Å². The number of hydrazine groups is 1. The van der Waals surface area contributed by atoms with Crippen LogP contribution in [0.5, 0.6) is 0 Å². The van der Waals surface area contributed by atoms with Gasteiger partial charge in [-0.15, -0.1) is 0 Å². The summed E-state index contributed by atoms with van der Waals surface area (Å²) in [7, 11) is 0. The molecule has 0 bridgehead atoms. The molecule has 30 heavy (non-hydrogen) atoms. The normalized spacial score (nSPS) is 19.4. The molecule has 1 fully saturated rings. The Hall–Kier alpha value is -2.90. The average molecular weight is 426 g/mol. The van der Waals surface area contributed by atoms with Crippen molar-refractivity contribution in [3.05, 3.63) is 64.7 Å². The van der Waals surface area contributed by atoms with Crippen LogP contribution in [0.15, 0.2) is 53.6 Å². The Morgan fingerprint density at radius 3 is 2.30 bits per heavy atom. The molecule has 2 heterocycles. The molecule has 2 aromatic rings. The number of carbonyl (C=O) groups excluding carboxylic acids is 2. The van der Waals surface area contributed by atoms with E-state index in [0.29, 0.717) is 22.7 Å². The number of primary amides is 1. The van der Waals surface area contributed by atoms with Crippen LogP contribution >= 0.6 is 11.6 Å². The molecule has 8 heteroatoms. The number of hydrazone groups is 1. The number of halogens is 1. The molecule has 0 radical (unpaired) electrons. The van der Waals surface area contributed by atoms with Crippen LogP contribution in [0.3, 0.4) is 0 Å². The maximum absolute atomic E-state index is 12.9. The number of hydrogen-bond acceptors (Lipinski definition) is 5. The Kier molecular flexibility index (Phi) is 6.01. The Morgan fingerprint density at radius 2 is 1.67 bits per heavy atom. The zero-order chi connectivity index (χ0) is 21.1. The van der Waals surface area contributed by atoms with Crippen LogP contribution in [0.1, 0.15) is 47.6 Å². The third-order valence-electron chi connectivity index (χ3n) is 5.46. The molecule has 0 aromatic heterocycles. The quantitative estimate of drug-likeness (QED) is 0.769. The topological polar surface area (TPSA) is 91.0 Å². The molecule has 0 aliphatic carbocycles. The van der Waals surface area contributed by atoms with Crippen molar-refractivity contribution in [3.63, 3.8) is 0 Å². The summed E-state index contributed by atoms with van der Waals surface area (Å²) in [5, 5.41) is 9.08. The number of rotatable bonds is 5. The number of amides is 2. The Bertz CT molecular complexity index is 952. The van der Waals surface area contributed by atoms with Crippen LogP contribution in [0, 0.1) is 0 Å². The lowest BCUT2D eigenvalue weighted by Gasteiger charge is -2.26. The first-order valence-electron chi connectivity index (χ1n) is 10.1. The van der Waals surface area contributed by atoms with Gasteiger partial charge in [0.15, 0.2) is 0 Å². The second-order valence-corrected chi connectivity index (χ2v) is 8.00. The van der Waals surface area contributed by atoms with Crippen LogP contribution in [-0.2, 0) is 4.79 Å². The van der Waals surface area contributed by atoms with Gasteiger partial charge in [0.25, 0.3) is 5.91 Å². The predicted molar refractivity (Wildman–Crippen MR) is 117 cm³/mol. The first kappa shape index (κ1) is 20.4. The smallest absolute Gasteiger partial charge is 0.281 e. The van der Waals surface area contributed by atoms with E-state index in [1.807, 2.05) is 34.3 Å². The largest absolute Gasteiger partial charge is 0.366 e. The van der Waals surface area contributed by atoms with Crippen molar-refractivity contribution >= 4 is 34.8 Å². The number of carbonyl (C=O) groups is 2. The lowest BCUT2D eigenvalue weighted by atomic mass is 10.0. The van der Waals surface area contributed by atoms with Gasteiger partial charge in [0.2, 0.25) is 5.91 Å². The van der Waals surface area contributed by atoms with Gasteiger partial charge in [-0.1, -0.05) is 30.2 Å². The summed E-state index contributed by atoms with van der Waals surface area (Å²) < 4.78 is 0. The minimum absolute atomic E-state index is 0.149. The highest BCUT2D eigenvalue weighted by Gasteiger charge is 2.33. The minimum Gasteiger partial charge on any atom is -0.366 e. The third-order valence-corrected chi connectivity index (χ3v) is 5.71. The second kappa shape index (κ2) is 8.85. The SMILES string of the molecule is NC(=O)c1ccc(N2N=C(C(=O)NN3CCCCC3)CC2c2ccc(Cl)cc2)cc1. The number of piperidine rings is 1. The van der Waals surface area contributed by atoms with Gasteiger partial charge in [0.05, 0.1) is 11.7 Å². The van der Waals surface area contributed by atoms with Crippen LogP contribution in [0.4, 0.5) is 5.69 Å². The van der Waals surface area contributed by atoms with E-state index in [-0.39, 0.29) is 11.9 Å². The van der Waals surface area contributed by atoms with E-state index in [1.165, 1.54) is 6.42 Å². The van der Waals surface area contributed by atoms with Crippen LogP contribution in [0.25, 0.3) is 0 Å². The fourth-order valence-corrected chi connectivity index (χ4v) is 3.95. The maximum atomic E-state index is 12.9. The Labute approximate surface area is 180 Å². The monoisotopic (exact) mass is 425 g/mol. The lowest BCUT2D eigenvalue weighted by molar-refractivity contribution is -0.119. The second-order valence-electron chi connectivity index (χ2n) is 7.56. The predicted octanol–water partition coefficient (Wildman–Crippen LogP) is 3.26. The zero-order valence-corrected chi connectivity index (χ0v) is 17.3. The minimum atomic E-state index is -0.484. The van der Waals surface area contributed by atoms with Crippen LogP contribution in [-0.4, -0.2) is 35.6 Å². The standard InChI is InChI=1S/C22H24ClN5O2/c23-17-8-4-15(5-9-17)20-14-19(22(30)26-27-12-2-1-3-13-27)25-28(20)18-10-6-16(7-11-18)21(24)29/h4-11,20H,1-3,12-14H2,(H2,24,29)(H,26,30). The summed E-state index contributed by atoms with van der Waals surface area (Å²) in [4.78, 5) is 24.3. The molecule has 1 atom stereocenters. The van der Waals surface area contributed by atoms with Gasteiger partial charge in [-0.3, -0.25) is 20.0 Å². The number of nitrogens with one attached hydrogen (secondary N) is 1. The summed E-state index contributed by atoms with van der Waals surface area (Å²) in [5.74, 6) is -0.658. The number of benzene rings is 2. The summed E-state index contributed by atoms with van der Waals surface area (Å²) >= 11 is 6.05. The van der Waals surface area contributed by atoms with Crippen molar-refractivity contribution in [2.24, 2.45) is 10.8 Å². The number of nitrogens with zero attached hydrogens (tertiary/aromatic N) is 3. The average Bonchev–Trinajstić information content (AvgIpc) is 3.21. The fraction of sp³-hybridized carbons (Fsp3) is 0.318. The first-order valence-corrected chi connectivity index (χ1v) is 10.5. The molecule has 3 N–H and O–H groups in total. The highest BCUT2D eigenvalue weighted by molar-refractivity contribution is 6.39. The van der Waals surface area contributed by atoms with E-state index < -0.39 is 5.91 Å². The highest BCUT2D eigenvalue weighted by atomic mass is 35.5. The van der Waals surface area contributed by atoms with E-state index in [9.17, 15) is 9.59 Å². The first-order chi connectivity index (χ1) is 14.5. The van der Waals surface area contributed by atoms with E-state index >= 15 is 0 Å². The summed E-state index contributed by atoms with van der Waals surface area (Å²) in [6.07, 6.45) is 3.83. The van der Waals surface area contributed by atoms with Gasteiger partial charge in [0.1, 0.15) is 5.71 Å². The molecule has 156 valence electrons. The van der Waals surface area contributed by atoms with Crippen molar-refractivity contribution in [1.29, 1.82) is 0 Å². The number of hydrogen-bond donors (Lipinski definition) is 2. The maximum Gasteiger partial charge on any atom is 0.281 e. The molecule has 2 aliphatic rings. The molecule has 1 unspecified atom stereocenters. The summed E-state index contributed by atoms with van der Waals surface area (Å²) in [6.45, 7) is 1.72. The third kappa shape index (κ3) is 4.47. The van der Waals surface area contributed by atoms with Gasteiger partial charge in [-0.2, -0.15) is 5.10 Å². The molecule has 2 aliphatic heterocycles. The Balaban J connectivity index is 1.60.